The quantitative estimate of drug-likeness (QED) is 0.704. The number of amides is 2. The molecule has 28 heavy (non-hydrogen) atoms. The lowest BCUT2D eigenvalue weighted by Crippen LogP contribution is -2.23. The van der Waals surface area contributed by atoms with Crippen LogP contribution < -0.4 is 10.6 Å². The number of carbonyl (C=O) groups is 2. The maximum atomic E-state index is 12.6. The minimum Gasteiger partial charge on any atom is -0.348 e. The molecule has 0 aliphatic heterocycles. The minimum atomic E-state index is -0.298. The van der Waals surface area contributed by atoms with E-state index in [1.807, 2.05) is 63.2 Å². The van der Waals surface area contributed by atoms with Crippen molar-refractivity contribution in [1.29, 1.82) is 0 Å². The number of benzene rings is 2. The topological polar surface area (TPSA) is 71.1 Å². The van der Waals surface area contributed by atoms with Gasteiger partial charge in [0.25, 0.3) is 11.8 Å². The van der Waals surface area contributed by atoms with Crippen molar-refractivity contribution in [3.8, 4) is 0 Å². The number of rotatable bonds is 5. The molecule has 1 heterocycles. The van der Waals surface area contributed by atoms with E-state index in [-0.39, 0.29) is 11.8 Å². The van der Waals surface area contributed by atoms with E-state index in [1.165, 1.54) is 18.0 Å². The predicted molar refractivity (Wildman–Crippen MR) is 110 cm³/mol. The molecule has 5 nitrogen and oxygen atoms in total. The largest absolute Gasteiger partial charge is 0.348 e. The van der Waals surface area contributed by atoms with Crippen LogP contribution in [0.5, 0.6) is 0 Å². The number of aromatic nitrogens is 1. The van der Waals surface area contributed by atoms with Crippen LogP contribution >= 0.6 is 0 Å². The van der Waals surface area contributed by atoms with E-state index in [1.54, 1.807) is 6.07 Å². The van der Waals surface area contributed by atoms with Gasteiger partial charge in [-0.1, -0.05) is 47.5 Å². The highest BCUT2D eigenvalue weighted by Gasteiger charge is 2.12. The molecule has 0 unspecified atom stereocenters. The van der Waals surface area contributed by atoms with E-state index in [4.69, 9.17) is 0 Å². The van der Waals surface area contributed by atoms with Crippen LogP contribution in [0.15, 0.2) is 60.9 Å². The summed E-state index contributed by atoms with van der Waals surface area (Å²) in [7, 11) is 0. The number of nitrogens with one attached hydrogen (secondary N) is 2. The number of hydrogen-bond acceptors (Lipinski definition) is 3. The van der Waals surface area contributed by atoms with Crippen molar-refractivity contribution in [3.05, 3.63) is 94.3 Å². The highest BCUT2D eigenvalue weighted by molar-refractivity contribution is 6.06. The van der Waals surface area contributed by atoms with Gasteiger partial charge >= 0.3 is 0 Å². The molecule has 0 fully saturated rings. The summed E-state index contributed by atoms with van der Waals surface area (Å²) in [4.78, 5) is 29.0. The maximum Gasteiger partial charge on any atom is 0.257 e. The molecule has 0 spiro atoms. The standard InChI is InChI=1S/C23H23N3O2/c1-15-4-7-18(8-5-15)12-25-22(27)19-11-20(14-24-13-19)23(28)26-21-9-6-16(2)10-17(21)3/h4-11,13-14H,12H2,1-3H3,(H,25,27)(H,26,28). The lowest BCUT2D eigenvalue weighted by molar-refractivity contribution is 0.0950. The Bertz CT molecular complexity index is 1010. The Balaban J connectivity index is 1.67. The van der Waals surface area contributed by atoms with Crippen molar-refractivity contribution < 1.29 is 9.59 Å². The van der Waals surface area contributed by atoms with Crippen molar-refractivity contribution in [2.45, 2.75) is 27.3 Å². The average Bonchev–Trinajstić information content (AvgIpc) is 2.69. The van der Waals surface area contributed by atoms with Crippen LogP contribution in [0.3, 0.4) is 0 Å². The van der Waals surface area contributed by atoms with Crippen molar-refractivity contribution >= 4 is 17.5 Å². The monoisotopic (exact) mass is 373 g/mol. The summed E-state index contributed by atoms with van der Waals surface area (Å²) in [6, 6.07) is 15.3. The van der Waals surface area contributed by atoms with Gasteiger partial charge < -0.3 is 10.6 Å². The number of hydrogen-bond donors (Lipinski definition) is 2. The van der Waals surface area contributed by atoms with Crippen LogP contribution in [-0.4, -0.2) is 16.8 Å². The molecule has 0 saturated heterocycles. The highest BCUT2D eigenvalue weighted by atomic mass is 16.2. The van der Waals surface area contributed by atoms with E-state index in [0.717, 1.165) is 22.4 Å². The van der Waals surface area contributed by atoms with Gasteiger partial charge in [0.2, 0.25) is 0 Å². The van der Waals surface area contributed by atoms with Gasteiger partial charge in [-0.2, -0.15) is 0 Å². The fourth-order valence-corrected chi connectivity index (χ4v) is 2.83. The fraction of sp³-hybridized carbons (Fsp3) is 0.174. The molecule has 0 radical (unpaired) electrons. The second-order valence-corrected chi connectivity index (χ2v) is 6.90. The van der Waals surface area contributed by atoms with Crippen LogP contribution in [0.2, 0.25) is 0 Å². The molecule has 3 rings (SSSR count). The molecule has 5 heteroatoms. The van der Waals surface area contributed by atoms with Crippen molar-refractivity contribution in [1.82, 2.24) is 10.3 Å². The Morgan fingerprint density at radius 3 is 2.14 bits per heavy atom. The molecule has 2 aromatic carbocycles. The SMILES string of the molecule is Cc1ccc(CNC(=O)c2cncc(C(=O)Nc3ccc(C)cc3C)c2)cc1. The molecule has 0 atom stereocenters. The molecule has 0 saturated carbocycles. The first-order valence-electron chi connectivity index (χ1n) is 9.10. The third-order valence-corrected chi connectivity index (χ3v) is 4.47. The molecule has 2 N–H and O–H groups in total. The van der Waals surface area contributed by atoms with Gasteiger partial charge in [0.1, 0.15) is 0 Å². The zero-order chi connectivity index (χ0) is 20.1. The number of aryl methyl sites for hydroxylation is 3. The fourth-order valence-electron chi connectivity index (χ4n) is 2.83. The summed E-state index contributed by atoms with van der Waals surface area (Å²) in [6.45, 7) is 6.37. The van der Waals surface area contributed by atoms with Crippen LogP contribution in [0.25, 0.3) is 0 Å². The second kappa shape index (κ2) is 8.48. The van der Waals surface area contributed by atoms with Gasteiger partial charge in [-0.15, -0.1) is 0 Å². The molecule has 2 amide bonds. The first-order valence-corrected chi connectivity index (χ1v) is 9.10. The summed E-state index contributed by atoms with van der Waals surface area (Å²) in [5.41, 5.74) is 5.71. The van der Waals surface area contributed by atoms with Gasteiger partial charge in [0.15, 0.2) is 0 Å². The Morgan fingerprint density at radius 2 is 1.46 bits per heavy atom. The summed E-state index contributed by atoms with van der Waals surface area (Å²) >= 11 is 0. The Morgan fingerprint density at radius 1 is 0.821 bits per heavy atom. The maximum absolute atomic E-state index is 12.6. The van der Waals surface area contributed by atoms with Crippen molar-refractivity contribution in [2.24, 2.45) is 0 Å². The Hall–Kier alpha value is -3.47. The third kappa shape index (κ3) is 4.82. The highest BCUT2D eigenvalue weighted by Crippen LogP contribution is 2.17. The number of anilines is 1. The molecule has 3 aromatic rings. The molecular weight excluding hydrogens is 350 g/mol. The summed E-state index contributed by atoms with van der Waals surface area (Å²) < 4.78 is 0. The van der Waals surface area contributed by atoms with Crippen molar-refractivity contribution in [3.63, 3.8) is 0 Å². The molecule has 142 valence electrons. The first kappa shape index (κ1) is 19.3. The zero-order valence-corrected chi connectivity index (χ0v) is 16.2. The normalized spacial score (nSPS) is 10.4. The Kier molecular flexibility index (Phi) is 5.84. The van der Waals surface area contributed by atoms with Crippen LogP contribution in [0.1, 0.15) is 43.0 Å². The van der Waals surface area contributed by atoms with Crippen molar-refractivity contribution in [2.75, 3.05) is 5.32 Å². The summed E-state index contributed by atoms with van der Waals surface area (Å²) in [6.07, 6.45) is 2.91. The Labute approximate surface area is 164 Å². The van der Waals surface area contributed by atoms with E-state index in [2.05, 4.69) is 15.6 Å². The summed E-state index contributed by atoms with van der Waals surface area (Å²) in [5, 5.41) is 5.73. The molecule has 0 aliphatic carbocycles. The van der Waals surface area contributed by atoms with Gasteiger partial charge in [0, 0.05) is 24.6 Å². The number of pyridine rings is 1. The molecule has 1 aromatic heterocycles. The molecule has 0 bridgehead atoms. The number of nitrogens with zero attached hydrogens (tertiary/aromatic N) is 1. The van der Waals surface area contributed by atoms with Gasteiger partial charge in [0.05, 0.1) is 11.1 Å². The van der Waals surface area contributed by atoms with Crippen LogP contribution in [0.4, 0.5) is 5.69 Å². The van der Waals surface area contributed by atoms with E-state index >= 15 is 0 Å². The second-order valence-electron chi connectivity index (χ2n) is 6.90. The zero-order valence-electron chi connectivity index (χ0n) is 16.2. The summed E-state index contributed by atoms with van der Waals surface area (Å²) in [5.74, 6) is -0.568. The van der Waals surface area contributed by atoms with Gasteiger partial charge in [-0.25, -0.2) is 0 Å². The average molecular weight is 373 g/mol. The number of carbonyl (C=O) groups excluding carboxylic acids is 2. The van der Waals surface area contributed by atoms with E-state index in [9.17, 15) is 9.59 Å². The molecular formula is C23H23N3O2. The lowest BCUT2D eigenvalue weighted by Gasteiger charge is -2.10. The lowest BCUT2D eigenvalue weighted by atomic mass is 10.1. The van der Waals surface area contributed by atoms with Crippen LogP contribution in [0, 0.1) is 20.8 Å². The predicted octanol–water partition coefficient (Wildman–Crippen LogP) is 4.19. The third-order valence-electron chi connectivity index (χ3n) is 4.47. The smallest absolute Gasteiger partial charge is 0.257 e. The van der Waals surface area contributed by atoms with Gasteiger partial charge in [-0.3, -0.25) is 14.6 Å². The minimum absolute atomic E-state index is 0.269. The van der Waals surface area contributed by atoms with E-state index in [0.29, 0.717) is 17.7 Å². The first-order chi connectivity index (χ1) is 13.4. The van der Waals surface area contributed by atoms with Gasteiger partial charge in [-0.05, 0) is 44.0 Å². The van der Waals surface area contributed by atoms with Crippen LogP contribution in [-0.2, 0) is 6.54 Å². The molecule has 0 aliphatic rings. The van der Waals surface area contributed by atoms with E-state index < -0.39 is 0 Å².